The second-order valence-corrected chi connectivity index (χ2v) is 5.40. The Morgan fingerprint density at radius 1 is 1.44 bits per heavy atom. The molecular weight excluding hydrogens is 246 g/mol. The van der Waals surface area contributed by atoms with E-state index in [1.165, 1.54) is 18.4 Å². The van der Waals surface area contributed by atoms with Gasteiger partial charge in [0.05, 0.1) is 5.02 Å². The molecule has 0 amide bonds. The number of rotatable bonds is 4. The summed E-state index contributed by atoms with van der Waals surface area (Å²) in [4.78, 5) is 6.63. The highest BCUT2D eigenvalue weighted by molar-refractivity contribution is 6.31. The zero-order valence-electron chi connectivity index (χ0n) is 11.2. The SMILES string of the molecule is CCC1(CC)CNCCN1Cc1ccncc1Cl. The van der Waals surface area contributed by atoms with Crippen LogP contribution in [0.15, 0.2) is 18.5 Å². The lowest BCUT2D eigenvalue weighted by Gasteiger charge is -2.47. The van der Waals surface area contributed by atoms with Crippen LogP contribution in [0.2, 0.25) is 5.02 Å². The van der Waals surface area contributed by atoms with Gasteiger partial charge < -0.3 is 5.32 Å². The average molecular weight is 268 g/mol. The molecule has 1 saturated heterocycles. The molecule has 1 aliphatic rings. The van der Waals surface area contributed by atoms with Gasteiger partial charge in [-0.15, -0.1) is 0 Å². The first-order valence-electron chi connectivity index (χ1n) is 6.76. The lowest BCUT2D eigenvalue weighted by molar-refractivity contribution is 0.0448. The van der Waals surface area contributed by atoms with Crippen molar-refractivity contribution < 1.29 is 0 Å². The van der Waals surface area contributed by atoms with Crippen molar-refractivity contribution in [1.82, 2.24) is 15.2 Å². The fourth-order valence-electron chi connectivity index (χ4n) is 2.82. The van der Waals surface area contributed by atoms with Gasteiger partial charge in [0.1, 0.15) is 0 Å². The van der Waals surface area contributed by atoms with Crippen molar-refractivity contribution in [1.29, 1.82) is 0 Å². The summed E-state index contributed by atoms with van der Waals surface area (Å²) in [5.74, 6) is 0. The smallest absolute Gasteiger partial charge is 0.0634 e. The van der Waals surface area contributed by atoms with Gasteiger partial charge in [0, 0.05) is 44.1 Å². The summed E-state index contributed by atoms with van der Waals surface area (Å²) in [7, 11) is 0. The highest BCUT2D eigenvalue weighted by Gasteiger charge is 2.35. The number of halogens is 1. The second kappa shape index (κ2) is 6.00. The molecule has 2 rings (SSSR count). The predicted octanol–water partition coefficient (Wildman–Crippen LogP) is 2.70. The van der Waals surface area contributed by atoms with Gasteiger partial charge in [-0.3, -0.25) is 9.88 Å². The van der Waals surface area contributed by atoms with Crippen LogP contribution in [0.25, 0.3) is 0 Å². The van der Waals surface area contributed by atoms with Crippen LogP contribution in [0.4, 0.5) is 0 Å². The summed E-state index contributed by atoms with van der Waals surface area (Å²) in [5.41, 5.74) is 1.45. The number of nitrogens with one attached hydrogen (secondary N) is 1. The number of aromatic nitrogens is 1. The summed E-state index contributed by atoms with van der Waals surface area (Å²) < 4.78 is 0. The van der Waals surface area contributed by atoms with Crippen molar-refractivity contribution in [2.24, 2.45) is 0 Å². The first kappa shape index (κ1) is 13.8. The Bertz CT molecular complexity index is 390. The molecule has 3 nitrogen and oxygen atoms in total. The minimum absolute atomic E-state index is 0.269. The third-order valence-electron chi connectivity index (χ3n) is 4.22. The Labute approximate surface area is 115 Å². The van der Waals surface area contributed by atoms with E-state index in [1.807, 2.05) is 12.3 Å². The molecular formula is C14H22ClN3. The molecule has 1 aliphatic heterocycles. The molecule has 0 atom stereocenters. The van der Waals surface area contributed by atoms with E-state index in [0.29, 0.717) is 0 Å². The molecule has 0 aromatic carbocycles. The summed E-state index contributed by atoms with van der Waals surface area (Å²) in [6, 6.07) is 2.03. The highest BCUT2D eigenvalue weighted by atomic mass is 35.5. The molecule has 1 aromatic heterocycles. The van der Waals surface area contributed by atoms with Crippen molar-refractivity contribution in [3.05, 3.63) is 29.0 Å². The van der Waals surface area contributed by atoms with Crippen LogP contribution in [0.3, 0.4) is 0 Å². The van der Waals surface area contributed by atoms with Crippen LogP contribution in [0.5, 0.6) is 0 Å². The monoisotopic (exact) mass is 267 g/mol. The fourth-order valence-corrected chi connectivity index (χ4v) is 2.99. The highest BCUT2D eigenvalue weighted by Crippen LogP contribution is 2.28. The minimum atomic E-state index is 0.269. The molecule has 1 aromatic rings. The normalized spacial score (nSPS) is 19.9. The second-order valence-electron chi connectivity index (χ2n) is 5.00. The van der Waals surface area contributed by atoms with Crippen LogP contribution >= 0.6 is 11.6 Å². The van der Waals surface area contributed by atoms with Crippen molar-refractivity contribution in [3.8, 4) is 0 Å². The molecule has 0 radical (unpaired) electrons. The van der Waals surface area contributed by atoms with Gasteiger partial charge in [-0.05, 0) is 24.5 Å². The van der Waals surface area contributed by atoms with Gasteiger partial charge in [-0.25, -0.2) is 0 Å². The molecule has 0 saturated carbocycles. The van der Waals surface area contributed by atoms with E-state index in [0.717, 1.165) is 31.2 Å². The molecule has 1 N–H and O–H groups in total. The van der Waals surface area contributed by atoms with E-state index in [4.69, 9.17) is 11.6 Å². The minimum Gasteiger partial charge on any atom is -0.314 e. The Morgan fingerprint density at radius 3 is 2.89 bits per heavy atom. The maximum Gasteiger partial charge on any atom is 0.0634 e. The molecule has 0 bridgehead atoms. The Hall–Kier alpha value is -0.640. The summed E-state index contributed by atoms with van der Waals surface area (Å²) in [6.45, 7) is 8.69. The van der Waals surface area contributed by atoms with Crippen LogP contribution in [0, 0.1) is 0 Å². The standard InChI is InChI=1S/C14H22ClN3/c1-3-14(4-2)11-17-7-8-18(14)10-12-5-6-16-9-13(12)15/h5-6,9,17H,3-4,7-8,10-11H2,1-2H3. The Balaban J connectivity index is 2.18. The largest absolute Gasteiger partial charge is 0.314 e. The first-order chi connectivity index (χ1) is 8.72. The van der Waals surface area contributed by atoms with Crippen LogP contribution in [-0.2, 0) is 6.54 Å². The molecule has 100 valence electrons. The zero-order chi connectivity index (χ0) is 13.0. The maximum absolute atomic E-state index is 6.22. The van der Waals surface area contributed by atoms with Crippen LogP contribution in [0.1, 0.15) is 32.3 Å². The van der Waals surface area contributed by atoms with Crippen molar-refractivity contribution in [3.63, 3.8) is 0 Å². The van der Waals surface area contributed by atoms with Crippen LogP contribution in [-0.4, -0.2) is 35.1 Å². The van der Waals surface area contributed by atoms with E-state index in [2.05, 4.69) is 29.0 Å². The van der Waals surface area contributed by atoms with Crippen molar-refractivity contribution in [2.45, 2.75) is 38.8 Å². The summed E-state index contributed by atoms with van der Waals surface area (Å²) in [6.07, 6.45) is 5.89. The zero-order valence-corrected chi connectivity index (χ0v) is 12.0. The van der Waals surface area contributed by atoms with Gasteiger partial charge in [-0.1, -0.05) is 25.4 Å². The van der Waals surface area contributed by atoms with Gasteiger partial charge >= 0.3 is 0 Å². The lowest BCUT2D eigenvalue weighted by Crippen LogP contribution is -2.60. The number of hydrogen-bond donors (Lipinski definition) is 1. The molecule has 18 heavy (non-hydrogen) atoms. The average Bonchev–Trinajstić information content (AvgIpc) is 2.42. The topological polar surface area (TPSA) is 28.2 Å². The van der Waals surface area contributed by atoms with Crippen molar-refractivity contribution in [2.75, 3.05) is 19.6 Å². The molecule has 0 unspecified atom stereocenters. The molecule has 1 fully saturated rings. The molecule has 0 spiro atoms. The third kappa shape index (κ3) is 2.68. The lowest BCUT2D eigenvalue weighted by atomic mass is 9.88. The number of piperazine rings is 1. The molecule has 4 heteroatoms. The third-order valence-corrected chi connectivity index (χ3v) is 4.56. The Kier molecular flexibility index (Phi) is 4.60. The predicted molar refractivity (Wildman–Crippen MR) is 75.8 cm³/mol. The summed E-state index contributed by atoms with van der Waals surface area (Å²) in [5, 5.41) is 4.30. The first-order valence-corrected chi connectivity index (χ1v) is 7.14. The molecule has 0 aliphatic carbocycles. The van der Waals surface area contributed by atoms with E-state index >= 15 is 0 Å². The van der Waals surface area contributed by atoms with Gasteiger partial charge in [-0.2, -0.15) is 0 Å². The fraction of sp³-hybridized carbons (Fsp3) is 0.643. The van der Waals surface area contributed by atoms with E-state index < -0.39 is 0 Å². The number of hydrogen-bond acceptors (Lipinski definition) is 3. The van der Waals surface area contributed by atoms with Gasteiger partial charge in [0.15, 0.2) is 0 Å². The summed E-state index contributed by atoms with van der Waals surface area (Å²) >= 11 is 6.22. The van der Waals surface area contributed by atoms with E-state index in [-0.39, 0.29) is 5.54 Å². The van der Waals surface area contributed by atoms with Gasteiger partial charge in [0.25, 0.3) is 0 Å². The van der Waals surface area contributed by atoms with E-state index in [1.54, 1.807) is 6.20 Å². The Morgan fingerprint density at radius 2 is 2.22 bits per heavy atom. The quantitative estimate of drug-likeness (QED) is 0.909. The van der Waals surface area contributed by atoms with Crippen LogP contribution < -0.4 is 5.32 Å². The number of pyridine rings is 1. The van der Waals surface area contributed by atoms with E-state index in [9.17, 15) is 0 Å². The maximum atomic E-state index is 6.22. The number of nitrogens with zero attached hydrogens (tertiary/aromatic N) is 2. The van der Waals surface area contributed by atoms with Crippen molar-refractivity contribution >= 4 is 11.6 Å². The van der Waals surface area contributed by atoms with Gasteiger partial charge in [0.2, 0.25) is 0 Å². The molecule has 2 heterocycles.